The number of benzene rings is 2. The topological polar surface area (TPSA) is 12.0 Å². The fraction of sp³-hybridized carbons (Fsp3) is 0.143. The molecule has 0 fully saturated rings. The molecule has 2 aromatic carbocycles. The third-order valence-corrected chi connectivity index (χ3v) is 4.37. The summed E-state index contributed by atoms with van der Waals surface area (Å²) in [6.45, 7) is 0. The Morgan fingerprint density at radius 3 is 2.45 bits per heavy atom. The van der Waals surface area contributed by atoms with Gasteiger partial charge in [0.25, 0.3) is 0 Å². The molecular formula is C14H10BrCl2F2N. The molecule has 1 N–H and O–H groups in total. The normalized spacial score (nSPS) is 12.5. The Labute approximate surface area is 134 Å². The van der Waals surface area contributed by atoms with Crippen molar-refractivity contribution in [1.29, 1.82) is 0 Å². The van der Waals surface area contributed by atoms with E-state index in [0.29, 0.717) is 15.6 Å². The van der Waals surface area contributed by atoms with Crippen LogP contribution in [-0.2, 0) is 0 Å². The first kappa shape index (κ1) is 15.7. The largest absolute Gasteiger partial charge is 0.309 e. The molecule has 0 aromatic heterocycles. The van der Waals surface area contributed by atoms with E-state index in [1.54, 1.807) is 25.2 Å². The molecule has 106 valence electrons. The van der Waals surface area contributed by atoms with Gasteiger partial charge in [0.1, 0.15) is 11.6 Å². The van der Waals surface area contributed by atoms with Gasteiger partial charge in [0.05, 0.1) is 20.6 Å². The Bertz CT molecular complexity index is 649. The van der Waals surface area contributed by atoms with Crippen molar-refractivity contribution < 1.29 is 8.78 Å². The van der Waals surface area contributed by atoms with Gasteiger partial charge in [-0.3, -0.25) is 0 Å². The van der Waals surface area contributed by atoms with Crippen molar-refractivity contribution in [3.63, 3.8) is 0 Å². The van der Waals surface area contributed by atoms with Gasteiger partial charge in [-0.2, -0.15) is 0 Å². The van der Waals surface area contributed by atoms with Crippen LogP contribution in [0.25, 0.3) is 0 Å². The first-order valence-corrected chi connectivity index (χ1v) is 7.26. The summed E-state index contributed by atoms with van der Waals surface area (Å²) in [4.78, 5) is 0. The molecule has 0 aliphatic heterocycles. The lowest BCUT2D eigenvalue weighted by Crippen LogP contribution is -2.19. The molecule has 0 aliphatic rings. The van der Waals surface area contributed by atoms with Crippen molar-refractivity contribution in [1.82, 2.24) is 5.32 Å². The summed E-state index contributed by atoms with van der Waals surface area (Å²) in [5.74, 6) is -1.08. The molecule has 0 amide bonds. The molecule has 1 nitrogen and oxygen atoms in total. The van der Waals surface area contributed by atoms with Crippen LogP contribution in [0.15, 0.2) is 34.8 Å². The Morgan fingerprint density at radius 1 is 1.10 bits per heavy atom. The van der Waals surface area contributed by atoms with Crippen LogP contribution < -0.4 is 5.32 Å². The smallest absolute Gasteiger partial charge is 0.137 e. The molecule has 0 bridgehead atoms. The van der Waals surface area contributed by atoms with Crippen LogP contribution in [0.5, 0.6) is 0 Å². The number of nitrogens with one attached hydrogen (secondary N) is 1. The van der Waals surface area contributed by atoms with Crippen molar-refractivity contribution >= 4 is 39.1 Å². The Hall–Kier alpha value is -0.680. The average molecular weight is 381 g/mol. The lowest BCUT2D eigenvalue weighted by Gasteiger charge is -2.20. The Morgan fingerprint density at radius 2 is 1.80 bits per heavy atom. The lowest BCUT2D eigenvalue weighted by atomic mass is 9.98. The third kappa shape index (κ3) is 2.98. The minimum absolute atomic E-state index is 0.0748. The summed E-state index contributed by atoms with van der Waals surface area (Å²) in [5, 5.41) is 3.60. The SMILES string of the molecule is CNC(c1cc(F)c(Br)cc1F)c1cccc(Cl)c1Cl. The van der Waals surface area contributed by atoms with E-state index in [2.05, 4.69) is 21.2 Å². The summed E-state index contributed by atoms with van der Waals surface area (Å²) >= 11 is 15.1. The first-order valence-electron chi connectivity index (χ1n) is 5.71. The van der Waals surface area contributed by atoms with Crippen LogP contribution in [0.1, 0.15) is 17.2 Å². The molecular weight excluding hydrogens is 371 g/mol. The second-order valence-corrected chi connectivity index (χ2v) is 5.79. The highest BCUT2D eigenvalue weighted by molar-refractivity contribution is 9.10. The zero-order valence-electron chi connectivity index (χ0n) is 10.4. The summed E-state index contributed by atoms with van der Waals surface area (Å²) in [6.07, 6.45) is 0. The highest BCUT2D eigenvalue weighted by Gasteiger charge is 2.21. The second kappa shape index (κ2) is 6.39. The van der Waals surface area contributed by atoms with Crippen molar-refractivity contribution in [2.24, 2.45) is 0 Å². The monoisotopic (exact) mass is 379 g/mol. The number of hydrogen-bond acceptors (Lipinski definition) is 1. The van der Waals surface area contributed by atoms with Gasteiger partial charge < -0.3 is 5.32 Å². The van der Waals surface area contributed by atoms with Crippen LogP contribution in [0, 0.1) is 11.6 Å². The first-order chi connectivity index (χ1) is 9.45. The molecule has 0 aliphatic carbocycles. The van der Waals surface area contributed by atoms with E-state index >= 15 is 0 Å². The highest BCUT2D eigenvalue weighted by Crippen LogP contribution is 2.35. The second-order valence-electron chi connectivity index (χ2n) is 4.15. The van der Waals surface area contributed by atoms with E-state index in [-0.39, 0.29) is 10.0 Å². The molecule has 0 saturated heterocycles. The molecule has 1 unspecified atom stereocenters. The molecule has 6 heteroatoms. The van der Waals surface area contributed by atoms with E-state index < -0.39 is 17.7 Å². The van der Waals surface area contributed by atoms with Crippen molar-refractivity contribution in [3.8, 4) is 0 Å². The van der Waals surface area contributed by atoms with E-state index in [1.807, 2.05) is 0 Å². The molecule has 0 spiro atoms. The van der Waals surface area contributed by atoms with Gasteiger partial charge in [-0.1, -0.05) is 35.3 Å². The molecule has 0 heterocycles. The fourth-order valence-corrected chi connectivity index (χ4v) is 2.71. The van der Waals surface area contributed by atoms with Gasteiger partial charge in [0.15, 0.2) is 0 Å². The number of rotatable bonds is 3. The van der Waals surface area contributed by atoms with Crippen LogP contribution in [-0.4, -0.2) is 7.05 Å². The number of hydrogen-bond donors (Lipinski definition) is 1. The van der Waals surface area contributed by atoms with Gasteiger partial charge in [0.2, 0.25) is 0 Å². The van der Waals surface area contributed by atoms with Gasteiger partial charge >= 0.3 is 0 Å². The third-order valence-electron chi connectivity index (χ3n) is 2.93. The maximum atomic E-state index is 14.1. The molecule has 2 aromatic rings. The molecule has 1 atom stereocenters. The lowest BCUT2D eigenvalue weighted by molar-refractivity contribution is 0.555. The van der Waals surface area contributed by atoms with Crippen LogP contribution in [0.3, 0.4) is 0 Å². The zero-order valence-corrected chi connectivity index (χ0v) is 13.5. The maximum Gasteiger partial charge on any atom is 0.137 e. The zero-order chi connectivity index (χ0) is 14.9. The summed E-state index contributed by atoms with van der Waals surface area (Å²) in [7, 11) is 1.64. The van der Waals surface area contributed by atoms with Gasteiger partial charge in [-0.25, -0.2) is 8.78 Å². The fourth-order valence-electron chi connectivity index (χ4n) is 1.98. The highest BCUT2D eigenvalue weighted by atomic mass is 79.9. The predicted octanol–water partition coefficient (Wildman–Crippen LogP) is 5.34. The molecule has 20 heavy (non-hydrogen) atoms. The van der Waals surface area contributed by atoms with Crippen molar-refractivity contribution in [2.75, 3.05) is 7.05 Å². The van der Waals surface area contributed by atoms with E-state index in [9.17, 15) is 8.78 Å². The van der Waals surface area contributed by atoms with Gasteiger partial charge in [-0.15, -0.1) is 0 Å². The predicted molar refractivity (Wildman–Crippen MR) is 81.4 cm³/mol. The average Bonchev–Trinajstić information content (AvgIpc) is 2.41. The van der Waals surface area contributed by atoms with Gasteiger partial charge in [0, 0.05) is 5.56 Å². The Balaban J connectivity index is 2.58. The van der Waals surface area contributed by atoms with Crippen molar-refractivity contribution in [3.05, 3.63) is 67.6 Å². The molecule has 0 radical (unpaired) electrons. The molecule has 2 rings (SSSR count). The van der Waals surface area contributed by atoms with Gasteiger partial charge in [-0.05, 0) is 46.7 Å². The minimum Gasteiger partial charge on any atom is -0.309 e. The summed E-state index contributed by atoms with van der Waals surface area (Å²) < 4.78 is 27.8. The number of halogens is 5. The van der Waals surface area contributed by atoms with Crippen LogP contribution in [0.2, 0.25) is 10.0 Å². The summed E-state index contributed by atoms with van der Waals surface area (Å²) in [5.41, 5.74) is 0.750. The van der Waals surface area contributed by atoms with E-state index in [0.717, 1.165) is 12.1 Å². The van der Waals surface area contributed by atoms with Crippen molar-refractivity contribution in [2.45, 2.75) is 6.04 Å². The standard InChI is InChI=1S/C14H10BrCl2F2N/c1-20-14(7-3-2-4-10(16)13(7)17)8-5-12(19)9(15)6-11(8)18/h2-6,14,20H,1H3. The maximum absolute atomic E-state index is 14.1. The van der Waals surface area contributed by atoms with E-state index in [1.165, 1.54) is 0 Å². The molecule has 0 saturated carbocycles. The summed E-state index contributed by atoms with van der Waals surface area (Å²) in [6, 6.07) is 6.70. The van der Waals surface area contributed by atoms with E-state index in [4.69, 9.17) is 23.2 Å². The van der Waals surface area contributed by atoms with Crippen LogP contribution >= 0.6 is 39.1 Å². The van der Waals surface area contributed by atoms with Crippen LogP contribution in [0.4, 0.5) is 8.78 Å². The quantitative estimate of drug-likeness (QED) is 0.708. The minimum atomic E-state index is -0.594. The Kier molecular flexibility index (Phi) is 5.02.